The first-order valence-corrected chi connectivity index (χ1v) is 5.84. The van der Waals surface area contributed by atoms with Crippen molar-refractivity contribution in [3.8, 4) is 0 Å². The number of hydrogen-bond acceptors (Lipinski definition) is 3. The summed E-state index contributed by atoms with van der Waals surface area (Å²) in [6.45, 7) is 9.41. The van der Waals surface area contributed by atoms with Crippen molar-refractivity contribution < 1.29 is 4.74 Å². The van der Waals surface area contributed by atoms with Crippen LogP contribution in [0.2, 0.25) is 0 Å². The van der Waals surface area contributed by atoms with E-state index in [-0.39, 0.29) is 0 Å². The summed E-state index contributed by atoms with van der Waals surface area (Å²) < 4.78 is 5.36. The van der Waals surface area contributed by atoms with Gasteiger partial charge in [0.1, 0.15) is 0 Å². The van der Waals surface area contributed by atoms with Gasteiger partial charge in [0, 0.05) is 12.6 Å². The summed E-state index contributed by atoms with van der Waals surface area (Å²) in [4.78, 5) is 0. The molecule has 1 rings (SSSR count). The molecular formula is C11H24N2O. The smallest absolute Gasteiger partial charge is 0.0616 e. The van der Waals surface area contributed by atoms with Gasteiger partial charge in [0.25, 0.3) is 0 Å². The van der Waals surface area contributed by atoms with E-state index >= 15 is 0 Å². The lowest BCUT2D eigenvalue weighted by Crippen LogP contribution is -2.38. The van der Waals surface area contributed by atoms with Crippen LogP contribution in [0.3, 0.4) is 0 Å². The fourth-order valence-electron chi connectivity index (χ4n) is 1.81. The van der Waals surface area contributed by atoms with Crippen molar-refractivity contribution in [2.24, 2.45) is 5.92 Å². The molecule has 1 fully saturated rings. The second-order valence-electron chi connectivity index (χ2n) is 4.16. The molecule has 14 heavy (non-hydrogen) atoms. The minimum absolute atomic E-state index is 0.491. The second-order valence-corrected chi connectivity index (χ2v) is 4.16. The van der Waals surface area contributed by atoms with Gasteiger partial charge in [-0.3, -0.25) is 0 Å². The third-order valence-corrected chi connectivity index (χ3v) is 2.79. The number of hydrogen-bond donors (Lipinski definition) is 2. The third kappa shape index (κ3) is 4.94. The average Bonchev–Trinajstić information content (AvgIpc) is 2.25. The largest absolute Gasteiger partial charge is 0.380 e. The van der Waals surface area contributed by atoms with Crippen molar-refractivity contribution in [3.63, 3.8) is 0 Å². The summed E-state index contributed by atoms with van der Waals surface area (Å²) in [5, 5.41) is 6.92. The molecule has 0 radical (unpaired) electrons. The normalized spacial score (nSPS) is 21.0. The van der Waals surface area contributed by atoms with Gasteiger partial charge in [-0.15, -0.1) is 0 Å². The Bertz CT molecular complexity index is 135. The van der Waals surface area contributed by atoms with Crippen LogP contribution in [0, 0.1) is 5.92 Å². The number of ether oxygens (including phenoxy) is 1. The lowest BCUT2D eigenvalue weighted by atomic mass is 9.98. The summed E-state index contributed by atoms with van der Waals surface area (Å²) in [6.07, 6.45) is 2.63. The predicted octanol–water partition coefficient (Wildman–Crippen LogP) is 1.00. The van der Waals surface area contributed by atoms with Crippen molar-refractivity contribution in [3.05, 3.63) is 0 Å². The Morgan fingerprint density at radius 3 is 2.79 bits per heavy atom. The standard InChI is InChI=1S/C11H24N2O/c1-3-14-9-10(2)13-8-11-4-6-12-7-5-11/h10-13H,3-9H2,1-2H3. The van der Waals surface area contributed by atoms with Gasteiger partial charge in [-0.25, -0.2) is 0 Å². The quantitative estimate of drug-likeness (QED) is 0.671. The molecular weight excluding hydrogens is 176 g/mol. The minimum atomic E-state index is 0.491. The highest BCUT2D eigenvalue weighted by Crippen LogP contribution is 2.09. The molecule has 1 aliphatic rings. The Balaban J connectivity index is 2.00. The van der Waals surface area contributed by atoms with Crippen molar-refractivity contribution in [2.75, 3.05) is 32.8 Å². The van der Waals surface area contributed by atoms with E-state index in [2.05, 4.69) is 17.6 Å². The van der Waals surface area contributed by atoms with Crippen LogP contribution in [0.5, 0.6) is 0 Å². The molecule has 1 unspecified atom stereocenters. The first-order chi connectivity index (χ1) is 6.83. The molecule has 0 aromatic carbocycles. The molecule has 0 spiro atoms. The maximum Gasteiger partial charge on any atom is 0.0616 e. The molecule has 3 nitrogen and oxygen atoms in total. The topological polar surface area (TPSA) is 33.3 Å². The SMILES string of the molecule is CCOCC(C)NCC1CCNCC1. The van der Waals surface area contributed by atoms with Crippen molar-refractivity contribution in [2.45, 2.75) is 32.7 Å². The van der Waals surface area contributed by atoms with Gasteiger partial charge in [-0.05, 0) is 52.2 Å². The third-order valence-electron chi connectivity index (χ3n) is 2.79. The zero-order chi connectivity index (χ0) is 10.2. The molecule has 1 aliphatic heterocycles. The Morgan fingerprint density at radius 1 is 1.43 bits per heavy atom. The Labute approximate surface area is 87.6 Å². The second kappa shape index (κ2) is 7.21. The van der Waals surface area contributed by atoms with E-state index in [0.29, 0.717) is 6.04 Å². The van der Waals surface area contributed by atoms with Gasteiger partial charge in [-0.1, -0.05) is 0 Å². The molecule has 0 aromatic rings. The van der Waals surface area contributed by atoms with E-state index in [9.17, 15) is 0 Å². The van der Waals surface area contributed by atoms with E-state index < -0.39 is 0 Å². The molecule has 0 saturated carbocycles. The lowest BCUT2D eigenvalue weighted by molar-refractivity contribution is 0.125. The van der Waals surface area contributed by atoms with Crippen molar-refractivity contribution in [1.82, 2.24) is 10.6 Å². The molecule has 3 heteroatoms. The summed E-state index contributed by atoms with van der Waals surface area (Å²) in [6, 6.07) is 0.491. The highest BCUT2D eigenvalue weighted by atomic mass is 16.5. The van der Waals surface area contributed by atoms with E-state index in [1.165, 1.54) is 25.9 Å². The van der Waals surface area contributed by atoms with Gasteiger partial charge >= 0.3 is 0 Å². The number of piperidine rings is 1. The number of rotatable bonds is 6. The fraction of sp³-hybridized carbons (Fsp3) is 1.00. The van der Waals surface area contributed by atoms with Gasteiger partial charge in [0.2, 0.25) is 0 Å². The van der Waals surface area contributed by atoms with Crippen LogP contribution in [0.1, 0.15) is 26.7 Å². The van der Waals surface area contributed by atoms with Crippen LogP contribution in [0.25, 0.3) is 0 Å². The van der Waals surface area contributed by atoms with Gasteiger partial charge < -0.3 is 15.4 Å². The van der Waals surface area contributed by atoms with E-state index in [1.54, 1.807) is 0 Å². The predicted molar refractivity (Wildman–Crippen MR) is 59.6 cm³/mol. The highest BCUT2D eigenvalue weighted by Gasteiger charge is 2.13. The van der Waals surface area contributed by atoms with Crippen molar-refractivity contribution >= 4 is 0 Å². The minimum Gasteiger partial charge on any atom is -0.380 e. The van der Waals surface area contributed by atoms with E-state index in [0.717, 1.165) is 25.7 Å². The Kier molecular flexibility index (Phi) is 6.15. The first kappa shape index (κ1) is 12.0. The zero-order valence-corrected chi connectivity index (χ0v) is 9.51. The Hall–Kier alpha value is -0.120. The highest BCUT2D eigenvalue weighted by molar-refractivity contribution is 4.72. The fourth-order valence-corrected chi connectivity index (χ4v) is 1.81. The molecule has 2 N–H and O–H groups in total. The molecule has 1 atom stereocenters. The molecule has 84 valence electrons. The molecule has 0 amide bonds. The monoisotopic (exact) mass is 200 g/mol. The summed E-state index contributed by atoms with van der Waals surface area (Å²) >= 11 is 0. The molecule has 0 aromatic heterocycles. The average molecular weight is 200 g/mol. The first-order valence-electron chi connectivity index (χ1n) is 5.84. The van der Waals surface area contributed by atoms with Crippen LogP contribution in [-0.4, -0.2) is 38.9 Å². The van der Waals surface area contributed by atoms with Gasteiger partial charge in [0.05, 0.1) is 6.61 Å². The number of nitrogens with one attached hydrogen (secondary N) is 2. The summed E-state index contributed by atoms with van der Waals surface area (Å²) in [5.74, 6) is 0.861. The molecule has 0 aliphatic carbocycles. The summed E-state index contributed by atoms with van der Waals surface area (Å²) in [5.41, 5.74) is 0. The Morgan fingerprint density at radius 2 is 2.14 bits per heavy atom. The summed E-state index contributed by atoms with van der Waals surface area (Å²) in [7, 11) is 0. The van der Waals surface area contributed by atoms with Crippen LogP contribution in [0.4, 0.5) is 0 Å². The van der Waals surface area contributed by atoms with Gasteiger partial charge in [0.15, 0.2) is 0 Å². The maximum absolute atomic E-state index is 5.36. The molecule has 1 saturated heterocycles. The zero-order valence-electron chi connectivity index (χ0n) is 9.51. The van der Waals surface area contributed by atoms with E-state index in [1.807, 2.05) is 6.92 Å². The van der Waals surface area contributed by atoms with Crippen LogP contribution >= 0.6 is 0 Å². The van der Waals surface area contributed by atoms with Crippen LogP contribution < -0.4 is 10.6 Å². The maximum atomic E-state index is 5.36. The van der Waals surface area contributed by atoms with Crippen molar-refractivity contribution in [1.29, 1.82) is 0 Å². The molecule has 1 heterocycles. The lowest BCUT2D eigenvalue weighted by Gasteiger charge is -2.24. The molecule has 0 bridgehead atoms. The van der Waals surface area contributed by atoms with Crippen LogP contribution in [0.15, 0.2) is 0 Å². The van der Waals surface area contributed by atoms with Gasteiger partial charge in [-0.2, -0.15) is 0 Å². The van der Waals surface area contributed by atoms with E-state index in [4.69, 9.17) is 4.74 Å². The van der Waals surface area contributed by atoms with Crippen LogP contribution in [-0.2, 0) is 4.74 Å².